The van der Waals surface area contributed by atoms with Crippen molar-refractivity contribution < 1.29 is 9.18 Å². The molecule has 0 bridgehead atoms. The highest BCUT2D eigenvalue weighted by Gasteiger charge is 2.22. The van der Waals surface area contributed by atoms with Crippen LogP contribution in [0.4, 0.5) is 4.39 Å². The van der Waals surface area contributed by atoms with Crippen LogP contribution in [0, 0.1) is 5.82 Å². The Morgan fingerprint density at radius 1 is 1.47 bits per heavy atom. The number of nitrogens with zero attached hydrogens (tertiary/aromatic N) is 1. The van der Waals surface area contributed by atoms with E-state index in [1.165, 1.54) is 25.1 Å². The van der Waals surface area contributed by atoms with Gasteiger partial charge in [0.1, 0.15) is 5.82 Å². The van der Waals surface area contributed by atoms with Gasteiger partial charge in [-0.25, -0.2) is 4.39 Å². The highest BCUT2D eigenvalue weighted by atomic mass is 35.5. The Labute approximate surface area is 93.6 Å². The van der Waals surface area contributed by atoms with Gasteiger partial charge in [-0.3, -0.25) is 9.69 Å². The second-order valence-corrected chi connectivity index (χ2v) is 4.08. The monoisotopic (exact) mass is 229 g/mol. The summed E-state index contributed by atoms with van der Waals surface area (Å²) >= 11 is 5.77. The smallest absolute Gasteiger partial charge is 0.151 e. The van der Waals surface area contributed by atoms with Crippen molar-refractivity contribution in [1.29, 1.82) is 0 Å². The molecule has 2 nitrogen and oxygen atoms in total. The van der Waals surface area contributed by atoms with Crippen molar-refractivity contribution in [2.75, 3.05) is 14.1 Å². The Hall–Kier alpha value is -0.930. The summed E-state index contributed by atoms with van der Waals surface area (Å²) in [5.41, 5.74) is 0.319. The fourth-order valence-electron chi connectivity index (χ4n) is 1.58. The first-order valence-electron chi connectivity index (χ1n) is 4.55. The lowest BCUT2D eigenvalue weighted by atomic mass is 10.0. The van der Waals surface area contributed by atoms with Gasteiger partial charge in [-0.05, 0) is 39.2 Å². The maximum atomic E-state index is 13.5. The lowest BCUT2D eigenvalue weighted by molar-refractivity contribution is -0.121. The molecular weight excluding hydrogens is 217 g/mol. The molecule has 82 valence electrons. The van der Waals surface area contributed by atoms with Crippen LogP contribution in [-0.2, 0) is 4.79 Å². The van der Waals surface area contributed by atoms with Crippen LogP contribution >= 0.6 is 11.6 Å². The highest BCUT2D eigenvalue weighted by Crippen LogP contribution is 2.25. The molecule has 1 rings (SSSR count). The van der Waals surface area contributed by atoms with Gasteiger partial charge in [-0.15, -0.1) is 0 Å². The number of rotatable bonds is 3. The van der Waals surface area contributed by atoms with Gasteiger partial charge in [0.2, 0.25) is 0 Å². The maximum absolute atomic E-state index is 13.5. The van der Waals surface area contributed by atoms with Crippen LogP contribution < -0.4 is 0 Å². The largest absolute Gasteiger partial charge is 0.298 e. The number of halogens is 2. The summed E-state index contributed by atoms with van der Waals surface area (Å²) in [6, 6.07) is 3.65. The van der Waals surface area contributed by atoms with E-state index in [0.717, 1.165) is 0 Å². The molecule has 0 aliphatic heterocycles. The van der Waals surface area contributed by atoms with E-state index >= 15 is 0 Å². The van der Waals surface area contributed by atoms with Crippen molar-refractivity contribution in [3.63, 3.8) is 0 Å². The summed E-state index contributed by atoms with van der Waals surface area (Å²) in [5, 5.41) is 0.430. The Morgan fingerprint density at radius 3 is 2.53 bits per heavy atom. The van der Waals surface area contributed by atoms with Crippen LogP contribution in [0.5, 0.6) is 0 Å². The summed E-state index contributed by atoms with van der Waals surface area (Å²) in [6.07, 6.45) is 0. The van der Waals surface area contributed by atoms with Crippen LogP contribution in [0.1, 0.15) is 18.5 Å². The molecule has 1 atom stereocenters. The third-order valence-electron chi connectivity index (χ3n) is 2.15. The molecule has 0 amide bonds. The summed E-state index contributed by atoms with van der Waals surface area (Å²) in [4.78, 5) is 13.1. The van der Waals surface area contributed by atoms with Crippen molar-refractivity contribution in [2.45, 2.75) is 13.0 Å². The van der Waals surface area contributed by atoms with Crippen molar-refractivity contribution in [1.82, 2.24) is 4.90 Å². The van der Waals surface area contributed by atoms with Gasteiger partial charge in [0.05, 0.1) is 6.04 Å². The normalized spacial score (nSPS) is 12.9. The molecule has 1 aromatic rings. The molecule has 1 aromatic carbocycles. The van der Waals surface area contributed by atoms with Crippen molar-refractivity contribution >= 4 is 17.4 Å². The van der Waals surface area contributed by atoms with Gasteiger partial charge in [0, 0.05) is 10.6 Å². The third-order valence-corrected chi connectivity index (χ3v) is 2.39. The maximum Gasteiger partial charge on any atom is 0.151 e. The summed E-state index contributed by atoms with van der Waals surface area (Å²) in [5.74, 6) is -0.519. The predicted octanol–water partition coefficient (Wildman–Crippen LogP) is 2.67. The Kier molecular flexibility index (Phi) is 3.83. The Morgan fingerprint density at radius 2 is 2.07 bits per heavy atom. The number of likely N-dealkylation sites (N-methyl/N-ethyl adjacent to an activating group) is 1. The number of benzene rings is 1. The molecule has 0 fully saturated rings. The topological polar surface area (TPSA) is 20.3 Å². The first kappa shape index (κ1) is 12.1. The average molecular weight is 230 g/mol. The van der Waals surface area contributed by atoms with Gasteiger partial charge in [0.15, 0.2) is 5.78 Å². The molecule has 0 radical (unpaired) electrons. The third kappa shape index (κ3) is 2.76. The number of ketones is 1. The van der Waals surface area contributed by atoms with Gasteiger partial charge in [-0.2, -0.15) is 0 Å². The zero-order chi connectivity index (χ0) is 11.6. The van der Waals surface area contributed by atoms with Crippen LogP contribution in [0.2, 0.25) is 5.02 Å². The molecular formula is C11H13ClFNO. The minimum Gasteiger partial charge on any atom is -0.298 e. The Balaban J connectivity index is 3.22. The van der Waals surface area contributed by atoms with E-state index in [1.807, 2.05) is 0 Å². The molecule has 15 heavy (non-hydrogen) atoms. The average Bonchev–Trinajstić information content (AvgIpc) is 2.10. The van der Waals surface area contributed by atoms with Gasteiger partial charge < -0.3 is 0 Å². The van der Waals surface area contributed by atoms with E-state index in [9.17, 15) is 9.18 Å². The quantitative estimate of drug-likeness (QED) is 0.794. The molecule has 0 aromatic heterocycles. The first-order valence-corrected chi connectivity index (χ1v) is 4.93. The SMILES string of the molecule is CC(=O)C(c1cc(Cl)ccc1F)N(C)C. The standard InChI is InChI=1S/C11H13ClFNO/c1-7(15)11(14(2)3)9-6-8(12)4-5-10(9)13/h4-6,11H,1-3H3. The second kappa shape index (κ2) is 4.73. The molecule has 0 saturated heterocycles. The minimum atomic E-state index is -0.580. The van der Waals surface area contributed by atoms with E-state index in [2.05, 4.69) is 0 Å². The molecule has 4 heteroatoms. The van der Waals surface area contributed by atoms with Gasteiger partial charge in [0.25, 0.3) is 0 Å². The van der Waals surface area contributed by atoms with E-state index in [0.29, 0.717) is 10.6 Å². The number of hydrogen-bond acceptors (Lipinski definition) is 2. The van der Waals surface area contributed by atoms with E-state index in [4.69, 9.17) is 11.6 Å². The van der Waals surface area contributed by atoms with Crippen LogP contribution in [-0.4, -0.2) is 24.8 Å². The molecule has 1 unspecified atom stereocenters. The first-order chi connectivity index (χ1) is 6.93. The number of carbonyl (C=O) groups excluding carboxylic acids is 1. The van der Waals surface area contributed by atoms with Crippen molar-refractivity contribution in [2.24, 2.45) is 0 Å². The van der Waals surface area contributed by atoms with E-state index < -0.39 is 11.9 Å². The second-order valence-electron chi connectivity index (χ2n) is 3.64. The summed E-state index contributed by atoms with van der Waals surface area (Å²) in [6.45, 7) is 1.44. The van der Waals surface area contributed by atoms with E-state index in [-0.39, 0.29) is 5.78 Å². The van der Waals surface area contributed by atoms with Crippen LogP contribution in [0.3, 0.4) is 0 Å². The van der Waals surface area contributed by atoms with Crippen molar-refractivity contribution in [3.05, 3.63) is 34.6 Å². The Bertz CT molecular complexity index is 379. The van der Waals surface area contributed by atoms with Crippen molar-refractivity contribution in [3.8, 4) is 0 Å². The molecule has 0 saturated carbocycles. The minimum absolute atomic E-state index is 0.110. The summed E-state index contributed by atoms with van der Waals surface area (Å²) in [7, 11) is 3.46. The fourth-order valence-corrected chi connectivity index (χ4v) is 1.77. The van der Waals surface area contributed by atoms with Crippen LogP contribution in [0.15, 0.2) is 18.2 Å². The number of Topliss-reactive ketones (excluding diaryl/α,β-unsaturated/α-hetero) is 1. The van der Waals surface area contributed by atoms with Gasteiger partial charge in [-0.1, -0.05) is 11.6 Å². The number of carbonyl (C=O) groups is 1. The molecule has 0 aliphatic carbocycles. The number of hydrogen-bond donors (Lipinski definition) is 0. The fraction of sp³-hybridized carbons (Fsp3) is 0.364. The van der Waals surface area contributed by atoms with Crippen LogP contribution in [0.25, 0.3) is 0 Å². The molecule has 0 heterocycles. The summed E-state index contributed by atoms with van der Waals surface area (Å²) < 4.78 is 13.5. The lowest BCUT2D eigenvalue weighted by Gasteiger charge is -2.22. The zero-order valence-electron chi connectivity index (χ0n) is 8.92. The van der Waals surface area contributed by atoms with Gasteiger partial charge >= 0.3 is 0 Å². The molecule has 0 spiro atoms. The van der Waals surface area contributed by atoms with E-state index in [1.54, 1.807) is 19.0 Å². The molecule has 0 aliphatic rings. The lowest BCUT2D eigenvalue weighted by Crippen LogP contribution is -2.26. The zero-order valence-corrected chi connectivity index (χ0v) is 9.68. The molecule has 0 N–H and O–H groups in total. The predicted molar refractivity (Wildman–Crippen MR) is 58.5 cm³/mol. The highest BCUT2D eigenvalue weighted by molar-refractivity contribution is 6.30.